The summed E-state index contributed by atoms with van der Waals surface area (Å²) >= 11 is 1.88. The van der Waals surface area contributed by atoms with Crippen LogP contribution in [0, 0.1) is 0 Å². The van der Waals surface area contributed by atoms with Crippen LogP contribution in [0.1, 0.15) is 0 Å². The predicted octanol–water partition coefficient (Wildman–Crippen LogP) is 11.9. The molecule has 0 spiro atoms. The number of hydrogen-bond donors (Lipinski definition) is 0. The van der Waals surface area contributed by atoms with E-state index >= 15 is 0 Å². The van der Waals surface area contributed by atoms with Crippen LogP contribution in [0.5, 0.6) is 0 Å². The molecule has 3 heterocycles. The summed E-state index contributed by atoms with van der Waals surface area (Å²) in [5, 5.41) is 2.50. The molecule has 10 rings (SSSR count). The fraction of sp³-hybridized carbons (Fsp3) is 0. The molecule has 9 aromatic rings. The molecular weight excluding hydrogens is 603 g/mol. The third-order valence-corrected chi connectivity index (χ3v) is 10.6. The third-order valence-electron chi connectivity index (χ3n) is 9.41. The minimum absolute atomic E-state index is 0.881. The molecule has 224 valence electrons. The Morgan fingerprint density at radius 1 is 0.417 bits per heavy atom. The van der Waals surface area contributed by atoms with Gasteiger partial charge in [-0.05, 0) is 58.7 Å². The molecule has 0 amide bonds. The quantitative estimate of drug-likeness (QED) is 0.195. The van der Waals surface area contributed by atoms with Gasteiger partial charge in [-0.1, -0.05) is 139 Å². The summed E-state index contributed by atoms with van der Waals surface area (Å²) in [7, 11) is 0. The first kappa shape index (κ1) is 27.2. The number of benzene rings is 7. The lowest BCUT2D eigenvalue weighted by molar-refractivity contribution is 1.16. The summed E-state index contributed by atoms with van der Waals surface area (Å²) in [6.07, 6.45) is 0. The maximum atomic E-state index is 5.15. The summed E-state index contributed by atoms with van der Waals surface area (Å²) < 4.78 is 2.45. The molecule has 7 aromatic carbocycles. The van der Waals surface area contributed by atoms with Gasteiger partial charge in [-0.25, -0.2) is 9.97 Å². The molecule has 0 atom stereocenters. The molecule has 3 nitrogen and oxygen atoms in total. The van der Waals surface area contributed by atoms with Crippen LogP contribution in [0.25, 0.3) is 83.3 Å². The van der Waals surface area contributed by atoms with Crippen molar-refractivity contribution in [3.63, 3.8) is 0 Å². The second kappa shape index (κ2) is 10.8. The van der Waals surface area contributed by atoms with Crippen molar-refractivity contribution in [2.45, 2.75) is 9.79 Å². The van der Waals surface area contributed by atoms with Gasteiger partial charge in [0.2, 0.25) is 0 Å². The van der Waals surface area contributed by atoms with E-state index in [1.165, 1.54) is 53.9 Å². The Bertz CT molecular complexity index is 2690. The van der Waals surface area contributed by atoms with E-state index in [0.29, 0.717) is 0 Å². The van der Waals surface area contributed by atoms with Crippen molar-refractivity contribution in [1.82, 2.24) is 14.5 Å². The van der Waals surface area contributed by atoms with E-state index in [9.17, 15) is 0 Å². The van der Waals surface area contributed by atoms with E-state index in [4.69, 9.17) is 9.97 Å². The van der Waals surface area contributed by atoms with Crippen LogP contribution in [0.3, 0.4) is 0 Å². The van der Waals surface area contributed by atoms with Crippen LogP contribution >= 0.6 is 11.8 Å². The monoisotopic (exact) mass is 629 g/mol. The molecule has 0 aliphatic carbocycles. The summed E-state index contributed by atoms with van der Waals surface area (Å²) in [6, 6.07) is 58.3. The van der Waals surface area contributed by atoms with Crippen molar-refractivity contribution in [2.75, 3.05) is 0 Å². The number of hydrogen-bond acceptors (Lipinski definition) is 3. The Morgan fingerprint density at radius 3 is 1.75 bits per heavy atom. The smallest absolute Gasteiger partial charge is 0.0973 e. The van der Waals surface area contributed by atoms with E-state index in [-0.39, 0.29) is 0 Å². The Kier molecular flexibility index (Phi) is 6.11. The predicted molar refractivity (Wildman–Crippen MR) is 200 cm³/mol. The van der Waals surface area contributed by atoms with Gasteiger partial charge in [0.25, 0.3) is 0 Å². The molecule has 1 aliphatic heterocycles. The van der Waals surface area contributed by atoms with Gasteiger partial charge in [0.15, 0.2) is 0 Å². The van der Waals surface area contributed by atoms with Crippen molar-refractivity contribution in [1.29, 1.82) is 0 Å². The SMILES string of the molecule is c1ccc(-c2nc3ccccc3nc2-c2ccc(-n3c4ccccc4c4ccc5c(c43)Sc3ccccc3-c3ccccc3-5)cc2)cc1. The van der Waals surface area contributed by atoms with Crippen LogP contribution in [-0.4, -0.2) is 14.5 Å². The summed E-state index contributed by atoms with van der Waals surface area (Å²) in [5.41, 5.74) is 14.2. The normalized spacial score (nSPS) is 12.1. The van der Waals surface area contributed by atoms with Crippen LogP contribution in [0.4, 0.5) is 0 Å². The van der Waals surface area contributed by atoms with Crippen molar-refractivity contribution >= 4 is 44.6 Å². The van der Waals surface area contributed by atoms with E-state index in [0.717, 1.165) is 39.2 Å². The zero-order chi connectivity index (χ0) is 31.6. The standard InChI is InChI=1S/C44H27N3S/c1-2-12-28(13-3-1)41-42(46-38-19-9-8-18-37(38)45-41)29-22-24-30(25-23-29)47-39-20-10-6-16-33(39)35-26-27-36-32-15-5-4-14-31(32)34-17-7-11-21-40(34)48-44(36)43(35)47/h1-27H. The summed E-state index contributed by atoms with van der Waals surface area (Å²) in [6.45, 7) is 0. The van der Waals surface area contributed by atoms with E-state index in [1.54, 1.807) is 0 Å². The molecule has 0 fully saturated rings. The maximum Gasteiger partial charge on any atom is 0.0973 e. The topological polar surface area (TPSA) is 30.7 Å². The largest absolute Gasteiger partial charge is 0.308 e. The van der Waals surface area contributed by atoms with Gasteiger partial charge in [0.05, 0.1) is 33.5 Å². The average molecular weight is 630 g/mol. The number of rotatable bonds is 3. The second-order valence-electron chi connectivity index (χ2n) is 12.2. The van der Waals surface area contributed by atoms with Crippen molar-refractivity contribution in [3.8, 4) is 50.5 Å². The Labute approximate surface area is 282 Å². The number of para-hydroxylation sites is 3. The lowest BCUT2D eigenvalue weighted by Gasteiger charge is -2.15. The van der Waals surface area contributed by atoms with Crippen molar-refractivity contribution < 1.29 is 0 Å². The first-order chi connectivity index (χ1) is 23.8. The average Bonchev–Trinajstić information content (AvgIpc) is 3.42. The molecule has 48 heavy (non-hydrogen) atoms. The van der Waals surface area contributed by atoms with Gasteiger partial charge in [-0.15, -0.1) is 0 Å². The molecule has 0 radical (unpaired) electrons. The van der Waals surface area contributed by atoms with Gasteiger partial charge in [-0.3, -0.25) is 0 Å². The molecule has 0 bridgehead atoms. The highest BCUT2D eigenvalue weighted by molar-refractivity contribution is 7.99. The van der Waals surface area contributed by atoms with Gasteiger partial charge >= 0.3 is 0 Å². The Morgan fingerprint density at radius 2 is 1.00 bits per heavy atom. The maximum absolute atomic E-state index is 5.15. The molecule has 1 aliphatic rings. The number of nitrogens with zero attached hydrogens (tertiary/aromatic N) is 3. The zero-order valence-corrected chi connectivity index (χ0v) is 26.7. The molecule has 2 aromatic heterocycles. The molecule has 0 N–H and O–H groups in total. The molecular formula is C44H27N3S. The van der Waals surface area contributed by atoms with Crippen molar-refractivity contribution in [3.05, 3.63) is 164 Å². The van der Waals surface area contributed by atoms with E-state index in [1.807, 2.05) is 42.1 Å². The molecule has 4 heteroatoms. The van der Waals surface area contributed by atoms with Crippen molar-refractivity contribution in [2.24, 2.45) is 0 Å². The highest BCUT2D eigenvalue weighted by Gasteiger charge is 2.25. The van der Waals surface area contributed by atoms with Gasteiger partial charge in [-0.2, -0.15) is 0 Å². The molecule has 0 saturated carbocycles. The second-order valence-corrected chi connectivity index (χ2v) is 13.2. The fourth-order valence-corrected chi connectivity index (χ4v) is 8.46. The van der Waals surface area contributed by atoms with Crippen LogP contribution in [-0.2, 0) is 0 Å². The number of fused-ring (bicyclic) bond motifs is 10. The Hall–Kier alpha value is -5.97. The highest BCUT2D eigenvalue weighted by atomic mass is 32.2. The Balaban J connectivity index is 1.21. The first-order valence-corrected chi connectivity index (χ1v) is 17.0. The summed E-state index contributed by atoms with van der Waals surface area (Å²) in [4.78, 5) is 12.8. The minimum Gasteiger partial charge on any atom is -0.308 e. The highest BCUT2D eigenvalue weighted by Crippen LogP contribution is 2.51. The van der Waals surface area contributed by atoms with Crippen LogP contribution in [0.2, 0.25) is 0 Å². The fourth-order valence-electron chi connectivity index (χ4n) is 7.22. The first-order valence-electron chi connectivity index (χ1n) is 16.2. The lowest BCUT2D eigenvalue weighted by Crippen LogP contribution is -1.98. The van der Waals surface area contributed by atoms with E-state index in [2.05, 4.69) is 138 Å². The summed E-state index contributed by atoms with van der Waals surface area (Å²) in [5.74, 6) is 0. The number of aromatic nitrogens is 3. The molecule has 0 saturated heterocycles. The zero-order valence-electron chi connectivity index (χ0n) is 25.8. The van der Waals surface area contributed by atoms with Gasteiger partial charge in [0, 0.05) is 37.4 Å². The van der Waals surface area contributed by atoms with E-state index < -0.39 is 0 Å². The lowest BCUT2D eigenvalue weighted by atomic mass is 9.94. The van der Waals surface area contributed by atoms with Crippen LogP contribution < -0.4 is 0 Å². The minimum atomic E-state index is 0.881. The van der Waals surface area contributed by atoms with Gasteiger partial charge < -0.3 is 4.57 Å². The third kappa shape index (κ3) is 4.16. The van der Waals surface area contributed by atoms with Crippen LogP contribution in [0.15, 0.2) is 174 Å². The van der Waals surface area contributed by atoms with Gasteiger partial charge in [0.1, 0.15) is 0 Å². The molecule has 0 unspecified atom stereocenters.